The van der Waals surface area contributed by atoms with Crippen molar-refractivity contribution in [3.8, 4) is 0 Å². The lowest BCUT2D eigenvalue weighted by atomic mass is 10.2. The van der Waals surface area contributed by atoms with Crippen molar-refractivity contribution >= 4 is 0 Å². The van der Waals surface area contributed by atoms with E-state index in [-0.39, 0.29) is 0 Å². The van der Waals surface area contributed by atoms with Crippen LogP contribution in [0.2, 0.25) is 0 Å². The monoisotopic (exact) mass is 165 g/mol. The van der Waals surface area contributed by atoms with Crippen molar-refractivity contribution in [2.75, 3.05) is 26.7 Å². The molecule has 1 aromatic rings. The first-order valence-corrected chi connectivity index (χ1v) is 4.15. The maximum atomic E-state index is 4.22. The van der Waals surface area contributed by atoms with Crippen LogP contribution in [0.1, 0.15) is 5.82 Å². The fourth-order valence-corrected chi connectivity index (χ4v) is 1.41. The van der Waals surface area contributed by atoms with Crippen molar-refractivity contribution in [3.63, 3.8) is 0 Å². The van der Waals surface area contributed by atoms with Crippen LogP contribution in [-0.2, 0) is 0 Å². The van der Waals surface area contributed by atoms with Crippen molar-refractivity contribution < 1.29 is 0 Å². The molecule has 0 amide bonds. The summed E-state index contributed by atoms with van der Waals surface area (Å²) in [5.41, 5.74) is 0. The number of imidazole rings is 1. The van der Waals surface area contributed by atoms with E-state index in [1.807, 2.05) is 6.20 Å². The zero-order chi connectivity index (χ0) is 8.39. The molecule has 1 fully saturated rings. The largest absolute Gasteiger partial charge is 0.347 e. The van der Waals surface area contributed by atoms with Crippen LogP contribution in [0.3, 0.4) is 0 Å². The number of piperazine rings is 1. The van der Waals surface area contributed by atoms with Gasteiger partial charge in [0.2, 0.25) is 0 Å². The molecule has 0 aromatic carbocycles. The number of likely N-dealkylation sites (N-methyl/N-ethyl adjacent to an activating group) is 1. The smallest absolute Gasteiger partial charge is 0.130 e. The molecule has 0 spiro atoms. The number of hydrogen-bond donors (Lipinski definition) is 2. The van der Waals surface area contributed by atoms with E-state index in [4.69, 9.17) is 0 Å². The number of hydrogen-bond acceptors (Lipinski definition) is 3. The highest BCUT2D eigenvalue weighted by atomic mass is 15.2. The van der Waals surface area contributed by atoms with Crippen LogP contribution in [0.25, 0.3) is 0 Å². The molecule has 0 unspecified atom stereocenters. The van der Waals surface area contributed by atoms with Gasteiger partial charge in [-0.1, -0.05) is 0 Å². The van der Waals surface area contributed by atoms with E-state index >= 15 is 0 Å². The molecule has 2 rings (SSSR count). The molecule has 0 atom stereocenters. The van der Waals surface area contributed by atoms with Gasteiger partial charge in [0.15, 0.2) is 0 Å². The lowest BCUT2D eigenvalue weighted by Gasteiger charge is -2.30. The number of aromatic nitrogens is 2. The minimum atomic E-state index is 0.907. The van der Waals surface area contributed by atoms with Crippen LogP contribution in [0, 0.1) is 6.04 Å². The standard InChI is InChI=1S/C8H13N4/c1-12-5-4-9-6-7(12)8-10-2-3-11-8/h2-3,9H,4-6H2,1H3,(H,10,11). The maximum Gasteiger partial charge on any atom is 0.130 e. The first kappa shape index (κ1) is 7.76. The molecule has 1 aliphatic rings. The van der Waals surface area contributed by atoms with E-state index in [1.165, 1.54) is 6.04 Å². The van der Waals surface area contributed by atoms with E-state index in [2.05, 4.69) is 27.2 Å². The van der Waals surface area contributed by atoms with E-state index in [0.717, 1.165) is 25.5 Å². The summed E-state index contributed by atoms with van der Waals surface area (Å²) in [5, 5.41) is 3.31. The molecular formula is C8H13N4. The second kappa shape index (κ2) is 3.25. The van der Waals surface area contributed by atoms with Gasteiger partial charge in [-0.2, -0.15) is 0 Å². The normalized spacial score (nSPS) is 21.4. The molecule has 0 saturated carbocycles. The third kappa shape index (κ3) is 1.35. The topological polar surface area (TPSA) is 44.0 Å². The lowest BCUT2D eigenvalue weighted by molar-refractivity contribution is 0.302. The quantitative estimate of drug-likeness (QED) is 0.607. The van der Waals surface area contributed by atoms with Crippen molar-refractivity contribution in [2.24, 2.45) is 0 Å². The molecule has 1 aliphatic heterocycles. The zero-order valence-corrected chi connectivity index (χ0v) is 7.17. The minimum Gasteiger partial charge on any atom is -0.347 e. The van der Waals surface area contributed by atoms with Crippen LogP contribution in [0.5, 0.6) is 0 Å². The van der Waals surface area contributed by atoms with Crippen LogP contribution in [0.4, 0.5) is 0 Å². The molecule has 1 saturated heterocycles. The third-order valence-electron chi connectivity index (χ3n) is 2.15. The van der Waals surface area contributed by atoms with Crippen LogP contribution in [0.15, 0.2) is 12.4 Å². The van der Waals surface area contributed by atoms with Gasteiger partial charge in [0.25, 0.3) is 0 Å². The second-order valence-corrected chi connectivity index (χ2v) is 2.98. The van der Waals surface area contributed by atoms with Gasteiger partial charge in [0.05, 0.1) is 0 Å². The molecule has 2 heterocycles. The van der Waals surface area contributed by atoms with Gasteiger partial charge < -0.3 is 10.3 Å². The van der Waals surface area contributed by atoms with E-state index in [1.54, 1.807) is 6.20 Å². The summed E-state index contributed by atoms with van der Waals surface area (Å²) in [6.07, 6.45) is 3.63. The molecule has 4 heteroatoms. The predicted molar refractivity (Wildman–Crippen MR) is 46.4 cm³/mol. The summed E-state index contributed by atoms with van der Waals surface area (Å²) in [4.78, 5) is 9.56. The highest BCUT2D eigenvalue weighted by Crippen LogP contribution is 2.14. The summed E-state index contributed by atoms with van der Waals surface area (Å²) < 4.78 is 0. The number of nitrogens with zero attached hydrogens (tertiary/aromatic N) is 2. The zero-order valence-electron chi connectivity index (χ0n) is 7.17. The number of rotatable bonds is 1. The average molecular weight is 165 g/mol. The Morgan fingerprint density at radius 1 is 1.58 bits per heavy atom. The second-order valence-electron chi connectivity index (χ2n) is 2.98. The Kier molecular flexibility index (Phi) is 2.10. The van der Waals surface area contributed by atoms with Gasteiger partial charge in [-0.05, 0) is 7.05 Å². The van der Waals surface area contributed by atoms with Crippen molar-refractivity contribution in [2.45, 2.75) is 0 Å². The molecule has 12 heavy (non-hydrogen) atoms. The minimum absolute atomic E-state index is 0.907. The predicted octanol–water partition coefficient (Wildman–Crippen LogP) is -0.175. The maximum absolute atomic E-state index is 4.22. The Hall–Kier alpha value is -0.870. The molecule has 4 nitrogen and oxygen atoms in total. The average Bonchev–Trinajstić information content (AvgIpc) is 2.57. The summed E-state index contributed by atoms with van der Waals surface area (Å²) >= 11 is 0. The Labute approximate surface area is 72.0 Å². The van der Waals surface area contributed by atoms with Gasteiger partial charge in [-0.3, -0.25) is 4.90 Å². The number of H-pyrrole nitrogens is 1. The first-order chi connectivity index (χ1) is 5.88. The van der Waals surface area contributed by atoms with Crippen molar-refractivity contribution in [1.29, 1.82) is 0 Å². The van der Waals surface area contributed by atoms with E-state index < -0.39 is 0 Å². The number of aromatic amines is 1. The molecular weight excluding hydrogens is 152 g/mol. The molecule has 0 aliphatic carbocycles. The van der Waals surface area contributed by atoms with Gasteiger partial charge in [0, 0.05) is 32.0 Å². The molecule has 1 aromatic heterocycles. The Balaban J connectivity index is 2.11. The summed E-state index contributed by atoms with van der Waals surface area (Å²) in [5.74, 6) is 0.977. The lowest BCUT2D eigenvalue weighted by Crippen LogP contribution is -2.44. The Morgan fingerprint density at radius 3 is 3.17 bits per heavy atom. The van der Waals surface area contributed by atoms with Crippen LogP contribution < -0.4 is 5.32 Å². The van der Waals surface area contributed by atoms with Gasteiger partial charge in [0.1, 0.15) is 11.9 Å². The summed E-state index contributed by atoms with van der Waals surface area (Å²) in [6, 6.07) is 1.24. The SMILES string of the molecule is CN1CCNC[C]1c1ncc[nH]1. The van der Waals surface area contributed by atoms with E-state index in [0.29, 0.717) is 0 Å². The Morgan fingerprint density at radius 2 is 2.50 bits per heavy atom. The molecule has 1 radical (unpaired) electrons. The number of nitrogens with one attached hydrogen (secondary N) is 2. The molecule has 2 N–H and O–H groups in total. The molecule has 65 valence electrons. The van der Waals surface area contributed by atoms with Crippen LogP contribution >= 0.6 is 0 Å². The first-order valence-electron chi connectivity index (χ1n) is 4.15. The van der Waals surface area contributed by atoms with Gasteiger partial charge >= 0.3 is 0 Å². The van der Waals surface area contributed by atoms with Gasteiger partial charge in [-0.15, -0.1) is 0 Å². The third-order valence-corrected chi connectivity index (χ3v) is 2.15. The van der Waals surface area contributed by atoms with Crippen molar-refractivity contribution in [1.82, 2.24) is 20.2 Å². The van der Waals surface area contributed by atoms with Gasteiger partial charge in [-0.25, -0.2) is 4.98 Å². The molecule has 0 bridgehead atoms. The fraction of sp³-hybridized carbons (Fsp3) is 0.500. The fourth-order valence-electron chi connectivity index (χ4n) is 1.41. The van der Waals surface area contributed by atoms with E-state index in [9.17, 15) is 0 Å². The van der Waals surface area contributed by atoms with Crippen LogP contribution in [-0.4, -0.2) is 41.5 Å². The summed E-state index contributed by atoms with van der Waals surface area (Å²) in [7, 11) is 2.10. The Bertz CT molecular complexity index is 231. The van der Waals surface area contributed by atoms with Crippen molar-refractivity contribution in [3.05, 3.63) is 24.3 Å². The highest BCUT2D eigenvalue weighted by Gasteiger charge is 2.22. The summed E-state index contributed by atoms with van der Waals surface area (Å²) in [6.45, 7) is 3.01. The highest BCUT2D eigenvalue weighted by molar-refractivity contribution is 5.16.